The Balaban J connectivity index is 2.75. The Labute approximate surface area is 114 Å². The van der Waals surface area contributed by atoms with Crippen LogP contribution < -0.4 is 16.0 Å². The highest BCUT2D eigenvalue weighted by atomic mass is 16.5. The molecule has 7 nitrogen and oxygen atoms in total. The topological polar surface area (TPSA) is 110 Å². The summed E-state index contributed by atoms with van der Waals surface area (Å²) in [5.74, 6) is 0.619. The second-order valence-corrected chi connectivity index (χ2v) is 4.40. The van der Waals surface area contributed by atoms with E-state index in [0.29, 0.717) is 11.3 Å². The van der Waals surface area contributed by atoms with Gasteiger partial charge < -0.3 is 15.5 Å². The molecular weight excluding hydrogens is 260 g/mol. The summed E-state index contributed by atoms with van der Waals surface area (Å²) in [6, 6.07) is 3.77. The lowest BCUT2D eigenvalue weighted by Crippen LogP contribution is -2.12. The van der Waals surface area contributed by atoms with Crippen LogP contribution in [0, 0.1) is 18.8 Å². The lowest BCUT2D eigenvalue weighted by molar-refractivity contribution is 0.413. The van der Waals surface area contributed by atoms with Gasteiger partial charge in [0.15, 0.2) is 5.82 Å². The Bertz CT molecular complexity index is 737. The van der Waals surface area contributed by atoms with Gasteiger partial charge >= 0.3 is 0 Å². The van der Waals surface area contributed by atoms with Crippen molar-refractivity contribution in [2.45, 2.75) is 13.8 Å². The van der Waals surface area contributed by atoms with E-state index in [4.69, 9.17) is 10.5 Å². The summed E-state index contributed by atoms with van der Waals surface area (Å²) in [7, 11) is 1.53. The smallest absolute Gasteiger partial charge is 0.282 e. The van der Waals surface area contributed by atoms with Crippen molar-refractivity contribution in [1.29, 1.82) is 0 Å². The Kier molecular flexibility index (Phi) is 3.51. The van der Waals surface area contributed by atoms with Crippen LogP contribution in [0.15, 0.2) is 22.1 Å². The van der Waals surface area contributed by atoms with Gasteiger partial charge in [0.1, 0.15) is 11.6 Å². The number of nitrogens with one attached hydrogen (secondary N) is 1. The molecule has 2 rings (SSSR count). The van der Waals surface area contributed by atoms with Crippen molar-refractivity contribution in [2.75, 3.05) is 12.8 Å². The molecule has 0 aliphatic rings. The number of methoxy groups -OCH3 is 1. The van der Waals surface area contributed by atoms with Gasteiger partial charge in [-0.15, -0.1) is 4.91 Å². The number of aromatic amines is 1. The van der Waals surface area contributed by atoms with Crippen molar-refractivity contribution in [3.05, 3.63) is 38.5 Å². The zero-order valence-electron chi connectivity index (χ0n) is 11.4. The van der Waals surface area contributed by atoms with E-state index in [2.05, 4.69) is 15.1 Å². The van der Waals surface area contributed by atoms with Crippen LogP contribution in [0.4, 0.5) is 11.5 Å². The van der Waals surface area contributed by atoms with Gasteiger partial charge in [-0.1, -0.05) is 6.07 Å². The van der Waals surface area contributed by atoms with Crippen LogP contribution in [0.25, 0.3) is 11.4 Å². The van der Waals surface area contributed by atoms with Gasteiger partial charge in [-0.3, -0.25) is 4.79 Å². The summed E-state index contributed by atoms with van der Waals surface area (Å²) in [6.45, 7) is 3.80. The monoisotopic (exact) mass is 274 g/mol. The number of nitrogens with zero attached hydrogens (tertiary/aromatic N) is 2. The summed E-state index contributed by atoms with van der Waals surface area (Å²) in [5, 5.41) is 2.57. The first kappa shape index (κ1) is 13.7. The number of benzene rings is 1. The summed E-state index contributed by atoms with van der Waals surface area (Å²) in [6.07, 6.45) is 0. The Morgan fingerprint density at radius 1 is 1.35 bits per heavy atom. The van der Waals surface area contributed by atoms with Gasteiger partial charge in [-0.25, -0.2) is 4.98 Å². The molecule has 0 fully saturated rings. The molecule has 0 aliphatic heterocycles. The minimum Gasteiger partial charge on any atom is -0.496 e. The first-order valence-corrected chi connectivity index (χ1v) is 5.86. The third kappa shape index (κ3) is 2.25. The van der Waals surface area contributed by atoms with Gasteiger partial charge in [-0.05, 0) is 36.2 Å². The van der Waals surface area contributed by atoms with Crippen LogP contribution in [0.5, 0.6) is 5.75 Å². The van der Waals surface area contributed by atoms with E-state index in [1.165, 1.54) is 7.11 Å². The van der Waals surface area contributed by atoms with Crippen molar-refractivity contribution < 1.29 is 4.74 Å². The molecule has 3 N–H and O–H groups in total. The second kappa shape index (κ2) is 5.12. The molecule has 104 valence electrons. The molecule has 0 unspecified atom stereocenters. The molecule has 0 saturated heterocycles. The van der Waals surface area contributed by atoms with Crippen LogP contribution in [0.2, 0.25) is 0 Å². The van der Waals surface area contributed by atoms with E-state index in [0.717, 1.165) is 11.1 Å². The molecule has 0 aliphatic carbocycles. The molecule has 1 aromatic carbocycles. The largest absolute Gasteiger partial charge is 0.496 e. The van der Waals surface area contributed by atoms with Gasteiger partial charge in [0.05, 0.1) is 12.7 Å². The van der Waals surface area contributed by atoms with E-state index in [-0.39, 0.29) is 11.6 Å². The molecule has 0 spiro atoms. The molecule has 0 saturated carbocycles. The highest BCUT2D eigenvalue weighted by Crippen LogP contribution is 2.32. The fourth-order valence-electron chi connectivity index (χ4n) is 2.10. The number of nitroso groups, excluding NO2 is 1. The average molecular weight is 274 g/mol. The molecule has 1 heterocycles. The summed E-state index contributed by atoms with van der Waals surface area (Å²) >= 11 is 0. The molecule has 0 radical (unpaired) electrons. The first-order chi connectivity index (χ1) is 9.47. The third-order valence-corrected chi connectivity index (χ3v) is 2.89. The third-order valence-electron chi connectivity index (χ3n) is 2.89. The van der Waals surface area contributed by atoms with Crippen molar-refractivity contribution in [3.63, 3.8) is 0 Å². The van der Waals surface area contributed by atoms with Gasteiger partial charge in [0, 0.05) is 0 Å². The molecule has 1 aromatic heterocycles. The minimum atomic E-state index is -0.677. The fourth-order valence-corrected chi connectivity index (χ4v) is 2.10. The number of hydrogen-bond donors (Lipinski definition) is 2. The lowest BCUT2D eigenvalue weighted by Gasteiger charge is -2.12. The predicted molar refractivity (Wildman–Crippen MR) is 76.2 cm³/mol. The van der Waals surface area contributed by atoms with Gasteiger partial charge in [0.2, 0.25) is 5.69 Å². The molecule has 0 bridgehead atoms. The number of hydrogen-bond acceptors (Lipinski definition) is 6. The number of nitrogens with two attached hydrogens (primary N) is 1. The fraction of sp³-hybridized carbons (Fsp3) is 0.231. The summed E-state index contributed by atoms with van der Waals surface area (Å²) in [4.78, 5) is 28.7. The van der Waals surface area contributed by atoms with Crippen LogP contribution in [-0.2, 0) is 0 Å². The number of H-pyrrole nitrogens is 1. The zero-order chi connectivity index (χ0) is 14.9. The predicted octanol–water partition coefficient (Wildman–Crippen LogP) is 2.04. The highest BCUT2D eigenvalue weighted by Gasteiger charge is 2.15. The van der Waals surface area contributed by atoms with Crippen LogP contribution in [0.1, 0.15) is 11.1 Å². The second-order valence-electron chi connectivity index (χ2n) is 4.40. The van der Waals surface area contributed by atoms with Crippen molar-refractivity contribution in [1.82, 2.24) is 9.97 Å². The summed E-state index contributed by atoms with van der Waals surface area (Å²) in [5.41, 5.74) is 6.97. The standard InChI is InChI=1S/C13H14N4O3/c1-6-4-7(2)10(20-3)8(5-6)12-15-11(14)9(17-19)13(18)16-12/h4-5H,1-3H3,(H3,14,15,16,18). The number of nitrogen functional groups attached to an aromatic ring is 1. The number of aromatic nitrogens is 2. The first-order valence-electron chi connectivity index (χ1n) is 5.86. The van der Waals surface area contributed by atoms with Crippen LogP contribution in [-0.4, -0.2) is 17.1 Å². The van der Waals surface area contributed by atoms with Crippen LogP contribution in [0.3, 0.4) is 0 Å². The van der Waals surface area contributed by atoms with Crippen molar-refractivity contribution in [3.8, 4) is 17.1 Å². The number of anilines is 1. The van der Waals surface area contributed by atoms with Crippen LogP contribution >= 0.6 is 0 Å². The lowest BCUT2D eigenvalue weighted by atomic mass is 10.0. The Morgan fingerprint density at radius 3 is 2.60 bits per heavy atom. The Morgan fingerprint density at radius 2 is 2.05 bits per heavy atom. The SMILES string of the molecule is COc1c(C)cc(C)cc1-c1nc(N)c(N=O)c(=O)[nH]1. The number of aryl methyl sites for hydroxylation is 2. The number of ether oxygens (including phenoxy) is 1. The summed E-state index contributed by atoms with van der Waals surface area (Å²) < 4.78 is 5.33. The molecule has 0 amide bonds. The quantitative estimate of drug-likeness (QED) is 0.832. The average Bonchev–Trinajstić information content (AvgIpc) is 2.37. The molecule has 7 heteroatoms. The number of rotatable bonds is 3. The van der Waals surface area contributed by atoms with Crippen molar-refractivity contribution in [2.24, 2.45) is 5.18 Å². The molecule has 0 atom stereocenters. The Hall–Kier alpha value is -2.70. The maximum atomic E-state index is 11.7. The van der Waals surface area contributed by atoms with E-state index in [1.54, 1.807) is 0 Å². The van der Waals surface area contributed by atoms with E-state index in [9.17, 15) is 9.70 Å². The molecule has 20 heavy (non-hydrogen) atoms. The van der Waals surface area contributed by atoms with Crippen molar-refractivity contribution >= 4 is 11.5 Å². The molecular formula is C13H14N4O3. The zero-order valence-corrected chi connectivity index (χ0v) is 11.4. The van der Waals surface area contributed by atoms with Gasteiger partial charge in [0.25, 0.3) is 5.56 Å². The minimum absolute atomic E-state index is 0.208. The van der Waals surface area contributed by atoms with E-state index < -0.39 is 11.2 Å². The van der Waals surface area contributed by atoms with E-state index >= 15 is 0 Å². The molecule has 2 aromatic rings. The normalized spacial score (nSPS) is 10.3. The maximum absolute atomic E-state index is 11.7. The maximum Gasteiger partial charge on any atom is 0.282 e. The highest BCUT2D eigenvalue weighted by molar-refractivity contribution is 5.70. The van der Waals surface area contributed by atoms with Gasteiger partial charge in [-0.2, -0.15) is 0 Å². The van der Waals surface area contributed by atoms with E-state index in [1.807, 2.05) is 26.0 Å².